The van der Waals surface area contributed by atoms with Crippen LogP contribution in [0.15, 0.2) is 29.2 Å². The largest absolute Gasteiger partial charge is 0.395 e. The topological polar surface area (TPSA) is 54.4 Å². The lowest BCUT2D eigenvalue weighted by Gasteiger charge is -2.08. The highest BCUT2D eigenvalue weighted by molar-refractivity contribution is 7.91. The van der Waals surface area contributed by atoms with Crippen molar-refractivity contribution in [2.24, 2.45) is 0 Å². The average Bonchev–Trinajstić information content (AvgIpc) is 2.32. The van der Waals surface area contributed by atoms with E-state index >= 15 is 0 Å². The van der Waals surface area contributed by atoms with Crippen LogP contribution in [0.5, 0.6) is 0 Å². The molecule has 17 heavy (non-hydrogen) atoms. The van der Waals surface area contributed by atoms with E-state index in [1.807, 2.05) is 33.8 Å². The molecule has 0 spiro atoms. The van der Waals surface area contributed by atoms with Gasteiger partial charge in [0.1, 0.15) is 0 Å². The standard InChI is InChI=1S/C11H16O3S.C2H6/c1-9(2)10-4-3-5-11(8-10)15(13,14)7-6-12;1-2/h3-5,8-9,12H,6-7H2,1-2H3;1-2H3. The molecule has 0 saturated carbocycles. The summed E-state index contributed by atoms with van der Waals surface area (Å²) in [7, 11) is -3.32. The summed E-state index contributed by atoms with van der Waals surface area (Å²) >= 11 is 0. The Balaban J connectivity index is 0.00000121. The lowest BCUT2D eigenvalue weighted by molar-refractivity contribution is 0.319. The molecule has 0 aliphatic carbocycles. The van der Waals surface area contributed by atoms with Crippen LogP contribution in [0, 0.1) is 0 Å². The van der Waals surface area contributed by atoms with Crippen LogP contribution in [0.2, 0.25) is 0 Å². The van der Waals surface area contributed by atoms with Crippen molar-refractivity contribution < 1.29 is 13.5 Å². The van der Waals surface area contributed by atoms with Gasteiger partial charge in [0.05, 0.1) is 17.3 Å². The second-order valence-electron chi connectivity index (χ2n) is 3.77. The second kappa shape index (κ2) is 7.45. The molecule has 1 aromatic carbocycles. The minimum Gasteiger partial charge on any atom is -0.395 e. The average molecular weight is 258 g/mol. The molecule has 98 valence electrons. The Morgan fingerprint density at radius 3 is 2.29 bits per heavy atom. The number of hydrogen-bond acceptors (Lipinski definition) is 3. The maximum atomic E-state index is 11.6. The van der Waals surface area contributed by atoms with Crippen molar-refractivity contribution in [2.45, 2.75) is 38.5 Å². The number of sulfone groups is 1. The summed E-state index contributed by atoms with van der Waals surface area (Å²) in [6.07, 6.45) is 0. The smallest absolute Gasteiger partial charge is 0.180 e. The van der Waals surface area contributed by atoms with E-state index in [4.69, 9.17) is 5.11 Å². The molecular weight excluding hydrogens is 236 g/mol. The lowest BCUT2D eigenvalue weighted by Crippen LogP contribution is -2.10. The molecule has 1 rings (SSSR count). The molecule has 1 N–H and O–H groups in total. The molecule has 0 aromatic heterocycles. The molecule has 0 amide bonds. The third-order valence-electron chi connectivity index (χ3n) is 2.24. The highest BCUT2D eigenvalue weighted by Gasteiger charge is 2.14. The summed E-state index contributed by atoms with van der Waals surface area (Å²) in [4.78, 5) is 0.294. The van der Waals surface area contributed by atoms with Gasteiger partial charge in [-0.2, -0.15) is 0 Å². The van der Waals surface area contributed by atoms with Crippen LogP contribution >= 0.6 is 0 Å². The monoisotopic (exact) mass is 258 g/mol. The maximum Gasteiger partial charge on any atom is 0.180 e. The number of hydrogen-bond donors (Lipinski definition) is 1. The highest BCUT2D eigenvalue weighted by atomic mass is 32.2. The summed E-state index contributed by atoms with van der Waals surface area (Å²) in [6, 6.07) is 6.88. The van der Waals surface area contributed by atoms with E-state index in [1.54, 1.807) is 18.2 Å². The van der Waals surface area contributed by atoms with Crippen molar-refractivity contribution in [3.63, 3.8) is 0 Å². The maximum absolute atomic E-state index is 11.6. The third kappa shape index (κ3) is 4.88. The molecule has 0 radical (unpaired) electrons. The van der Waals surface area contributed by atoms with E-state index in [2.05, 4.69) is 0 Å². The number of aliphatic hydroxyl groups excluding tert-OH is 1. The predicted octanol–water partition coefficient (Wildman–Crippen LogP) is 2.60. The van der Waals surface area contributed by atoms with Gasteiger partial charge >= 0.3 is 0 Å². The molecule has 0 bridgehead atoms. The zero-order chi connectivity index (χ0) is 13.5. The SMILES string of the molecule is CC.CC(C)c1cccc(S(=O)(=O)CCO)c1. The number of aliphatic hydroxyl groups is 1. The van der Waals surface area contributed by atoms with Gasteiger partial charge < -0.3 is 5.11 Å². The zero-order valence-corrected chi connectivity index (χ0v) is 11.8. The third-order valence-corrected chi connectivity index (χ3v) is 3.94. The van der Waals surface area contributed by atoms with Crippen LogP contribution in [0.25, 0.3) is 0 Å². The van der Waals surface area contributed by atoms with Crippen LogP contribution in [-0.4, -0.2) is 25.9 Å². The fraction of sp³-hybridized carbons (Fsp3) is 0.538. The fourth-order valence-corrected chi connectivity index (χ4v) is 2.38. The van der Waals surface area contributed by atoms with Crippen LogP contribution in [0.4, 0.5) is 0 Å². The second-order valence-corrected chi connectivity index (χ2v) is 5.88. The van der Waals surface area contributed by atoms with Crippen molar-refractivity contribution in [1.29, 1.82) is 0 Å². The first-order valence-electron chi connectivity index (χ1n) is 5.91. The van der Waals surface area contributed by atoms with Gasteiger partial charge in [0.15, 0.2) is 9.84 Å². The summed E-state index contributed by atoms with van der Waals surface area (Å²) in [6.45, 7) is 7.68. The molecule has 4 heteroatoms. The van der Waals surface area contributed by atoms with Crippen LogP contribution < -0.4 is 0 Å². The minimum atomic E-state index is -3.32. The van der Waals surface area contributed by atoms with Gasteiger partial charge in [-0.1, -0.05) is 39.8 Å². The Kier molecular flexibility index (Phi) is 7.07. The Hall–Kier alpha value is -0.870. The predicted molar refractivity (Wildman–Crippen MR) is 71.0 cm³/mol. The fourth-order valence-electron chi connectivity index (χ4n) is 1.31. The van der Waals surface area contributed by atoms with Crippen molar-refractivity contribution >= 4 is 9.84 Å². The van der Waals surface area contributed by atoms with E-state index in [1.165, 1.54) is 0 Å². The van der Waals surface area contributed by atoms with Crippen LogP contribution in [0.1, 0.15) is 39.2 Å². The first kappa shape index (κ1) is 16.1. The summed E-state index contributed by atoms with van der Waals surface area (Å²) in [5.74, 6) is 0.0865. The van der Waals surface area contributed by atoms with Crippen LogP contribution in [0.3, 0.4) is 0 Å². The van der Waals surface area contributed by atoms with E-state index in [0.29, 0.717) is 10.8 Å². The Bertz CT molecular complexity index is 422. The van der Waals surface area contributed by atoms with Gasteiger partial charge in [0, 0.05) is 0 Å². The van der Waals surface area contributed by atoms with Gasteiger partial charge in [0.25, 0.3) is 0 Å². The first-order chi connectivity index (χ1) is 7.97. The van der Waals surface area contributed by atoms with E-state index < -0.39 is 9.84 Å². The number of benzene rings is 1. The molecule has 0 aliphatic heterocycles. The van der Waals surface area contributed by atoms with Crippen molar-refractivity contribution in [3.05, 3.63) is 29.8 Å². The molecule has 0 heterocycles. The summed E-state index contributed by atoms with van der Waals surface area (Å²) in [5, 5.41) is 8.66. The quantitative estimate of drug-likeness (QED) is 0.903. The van der Waals surface area contributed by atoms with Gasteiger partial charge in [-0.25, -0.2) is 8.42 Å². The normalized spacial score (nSPS) is 10.9. The molecule has 3 nitrogen and oxygen atoms in total. The Morgan fingerprint density at radius 2 is 1.82 bits per heavy atom. The Morgan fingerprint density at radius 1 is 1.24 bits per heavy atom. The van der Waals surface area contributed by atoms with Crippen molar-refractivity contribution in [1.82, 2.24) is 0 Å². The minimum absolute atomic E-state index is 0.214. The number of rotatable bonds is 4. The van der Waals surface area contributed by atoms with Crippen molar-refractivity contribution in [2.75, 3.05) is 12.4 Å². The molecule has 0 fully saturated rings. The lowest BCUT2D eigenvalue weighted by atomic mass is 10.0. The zero-order valence-electron chi connectivity index (χ0n) is 11.0. The molecule has 0 unspecified atom stereocenters. The van der Waals surface area contributed by atoms with E-state index in [0.717, 1.165) is 5.56 Å². The molecule has 0 aliphatic rings. The summed E-state index contributed by atoms with van der Waals surface area (Å²) in [5.41, 5.74) is 0.994. The first-order valence-corrected chi connectivity index (χ1v) is 7.56. The van der Waals surface area contributed by atoms with Gasteiger partial charge in [-0.15, -0.1) is 0 Å². The van der Waals surface area contributed by atoms with Gasteiger partial charge in [-0.05, 0) is 23.6 Å². The van der Waals surface area contributed by atoms with Gasteiger partial charge in [0.2, 0.25) is 0 Å². The Labute approximate surface area is 104 Å². The molecule has 1 aromatic rings. The van der Waals surface area contributed by atoms with E-state index in [-0.39, 0.29) is 12.4 Å². The molecular formula is C13H22O3S. The van der Waals surface area contributed by atoms with E-state index in [9.17, 15) is 8.42 Å². The van der Waals surface area contributed by atoms with Crippen LogP contribution in [-0.2, 0) is 9.84 Å². The highest BCUT2D eigenvalue weighted by Crippen LogP contribution is 2.19. The molecule has 0 saturated heterocycles. The molecule has 0 atom stereocenters. The van der Waals surface area contributed by atoms with Gasteiger partial charge in [-0.3, -0.25) is 0 Å². The van der Waals surface area contributed by atoms with Crippen molar-refractivity contribution in [3.8, 4) is 0 Å². The summed E-state index contributed by atoms with van der Waals surface area (Å²) < 4.78 is 23.3.